The van der Waals surface area contributed by atoms with Crippen LogP contribution < -0.4 is 5.32 Å². The lowest BCUT2D eigenvalue weighted by atomic mass is 9.99. The van der Waals surface area contributed by atoms with E-state index in [4.69, 9.17) is 9.47 Å². The molecule has 0 amide bonds. The molecule has 1 unspecified atom stereocenters. The Bertz CT molecular complexity index is 117. The van der Waals surface area contributed by atoms with Gasteiger partial charge in [-0.25, -0.2) is 0 Å². The van der Waals surface area contributed by atoms with Crippen LogP contribution in [0.4, 0.5) is 0 Å². The number of piperidine rings is 1. The van der Waals surface area contributed by atoms with Gasteiger partial charge in [0.25, 0.3) is 0 Å². The van der Waals surface area contributed by atoms with Crippen molar-refractivity contribution >= 4 is 0 Å². The van der Waals surface area contributed by atoms with Gasteiger partial charge in [0.1, 0.15) is 0 Å². The first-order valence-corrected chi connectivity index (χ1v) is 4.41. The minimum absolute atomic E-state index is 0.0859. The Morgan fingerprint density at radius 2 is 2.00 bits per heavy atom. The highest BCUT2D eigenvalue weighted by Gasteiger charge is 2.27. The third kappa shape index (κ3) is 1.72. The second kappa shape index (κ2) is 3.52. The van der Waals surface area contributed by atoms with Gasteiger partial charge in [-0.1, -0.05) is 0 Å². The molecule has 3 nitrogen and oxygen atoms in total. The predicted octanol–water partition coefficient (Wildman–Crippen LogP) is 0.359. The van der Waals surface area contributed by atoms with E-state index in [2.05, 4.69) is 5.32 Å². The van der Waals surface area contributed by atoms with Crippen LogP contribution in [0.3, 0.4) is 0 Å². The van der Waals surface area contributed by atoms with E-state index >= 15 is 0 Å². The second-order valence-electron chi connectivity index (χ2n) is 3.22. The van der Waals surface area contributed by atoms with E-state index in [1.807, 2.05) is 0 Å². The molecular formula is C8H15NO2. The molecule has 1 N–H and O–H groups in total. The third-order valence-corrected chi connectivity index (χ3v) is 2.37. The maximum absolute atomic E-state index is 5.43. The summed E-state index contributed by atoms with van der Waals surface area (Å²) in [4.78, 5) is 0. The van der Waals surface area contributed by atoms with Gasteiger partial charge in [0.2, 0.25) is 0 Å². The molecule has 2 heterocycles. The Labute approximate surface area is 67.1 Å². The first kappa shape index (κ1) is 7.53. The average Bonchev–Trinajstić information content (AvgIpc) is 2.58. The van der Waals surface area contributed by atoms with Crippen LogP contribution in [-0.4, -0.2) is 32.6 Å². The van der Waals surface area contributed by atoms with Crippen molar-refractivity contribution in [2.45, 2.75) is 19.1 Å². The minimum atomic E-state index is 0.0859. The molecule has 2 aliphatic rings. The quantitative estimate of drug-likeness (QED) is 0.596. The average molecular weight is 157 g/mol. The molecule has 2 fully saturated rings. The van der Waals surface area contributed by atoms with Gasteiger partial charge in [0, 0.05) is 12.5 Å². The summed E-state index contributed by atoms with van der Waals surface area (Å²) in [5.74, 6) is 0.589. The lowest BCUT2D eigenvalue weighted by Gasteiger charge is -2.26. The van der Waals surface area contributed by atoms with E-state index in [0.717, 1.165) is 26.3 Å². The zero-order valence-corrected chi connectivity index (χ0v) is 6.71. The molecule has 2 rings (SSSR count). The van der Waals surface area contributed by atoms with Crippen LogP contribution in [-0.2, 0) is 9.47 Å². The van der Waals surface area contributed by atoms with Gasteiger partial charge in [0.05, 0.1) is 13.2 Å². The van der Waals surface area contributed by atoms with Crippen LogP contribution in [0.25, 0.3) is 0 Å². The highest BCUT2D eigenvalue weighted by molar-refractivity contribution is 4.73. The molecule has 3 heteroatoms. The number of ether oxygens (including phenoxy) is 2. The van der Waals surface area contributed by atoms with Crippen LogP contribution in [0.15, 0.2) is 0 Å². The molecule has 0 bridgehead atoms. The van der Waals surface area contributed by atoms with Gasteiger partial charge in [-0.05, 0) is 19.4 Å². The van der Waals surface area contributed by atoms with Gasteiger partial charge in [-0.2, -0.15) is 0 Å². The molecule has 0 spiro atoms. The van der Waals surface area contributed by atoms with Crippen LogP contribution in [0.5, 0.6) is 0 Å². The molecule has 11 heavy (non-hydrogen) atoms. The van der Waals surface area contributed by atoms with Gasteiger partial charge < -0.3 is 14.8 Å². The summed E-state index contributed by atoms with van der Waals surface area (Å²) >= 11 is 0. The van der Waals surface area contributed by atoms with E-state index in [0.29, 0.717) is 5.92 Å². The fourth-order valence-corrected chi connectivity index (χ4v) is 1.76. The standard InChI is InChI=1S/C8H15NO2/c1-2-7(6-9-3-1)8-10-4-5-11-8/h7-9H,1-6H2. The molecule has 0 aromatic heterocycles. The monoisotopic (exact) mass is 157 g/mol. The molecule has 0 saturated carbocycles. The first-order valence-electron chi connectivity index (χ1n) is 4.41. The van der Waals surface area contributed by atoms with E-state index in [1.54, 1.807) is 0 Å². The van der Waals surface area contributed by atoms with Crippen molar-refractivity contribution in [2.24, 2.45) is 5.92 Å². The van der Waals surface area contributed by atoms with E-state index in [1.165, 1.54) is 12.8 Å². The van der Waals surface area contributed by atoms with Crippen molar-refractivity contribution in [3.05, 3.63) is 0 Å². The molecule has 0 radical (unpaired) electrons. The van der Waals surface area contributed by atoms with Gasteiger partial charge >= 0.3 is 0 Å². The molecule has 0 aromatic rings. The molecular weight excluding hydrogens is 142 g/mol. The van der Waals surface area contributed by atoms with Crippen molar-refractivity contribution in [1.29, 1.82) is 0 Å². The van der Waals surface area contributed by atoms with Crippen molar-refractivity contribution < 1.29 is 9.47 Å². The summed E-state index contributed by atoms with van der Waals surface area (Å²) < 4.78 is 10.9. The Morgan fingerprint density at radius 3 is 2.64 bits per heavy atom. The van der Waals surface area contributed by atoms with Crippen LogP contribution in [0.1, 0.15) is 12.8 Å². The predicted molar refractivity (Wildman–Crippen MR) is 41.3 cm³/mol. The summed E-state index contributed by atoms with van der Waals surface area (Å²) in [6.45, 7) is 3.77. The summed E-state index contributed by atoms with van der Waals surface area (Å²) in [6.07, 6.45) is 2.59. The van der Waals surface area contributed by atoms with Crippen molar-refractivity contribution in [2.75, 3.05) is 26.3 Å². The van der Waals surface area contributed by atoms with E-state index in [-0.39, 0.29) is 6.29 Å². The maximum atomic E-state index is 5.43. The Morgan fingerprint density at radius 1 is 1.18 bits per heavy atom. The second-order valence-corrected chi connectivity index (χ2v) is 3.22. The largest absolute Gasteiger partial charge is 0.350 e. The summed E-state index contributed by atoms with van der Waals surface area (Å²) in [7, 11) is 0. The lowest BCUT2D eigenvalue weighted by molar-refractivity contribution is -0.0881. The Balaban J connectivity index is 1.82. The zero-order valence-electron chi connectivity index (χ0n) is 6.71. The number of nitrogens with one attached hydrogen (secondary N) is 1. The topological polar surface area (TPSA) is 30.5 Å². The fraction of sp³-hybridized carbons (Fsp3) is 1.00. The normalized spacial score (nSPS) is 34.4. The van der Waals surface area contributed by atoms with Gasteiger partial charge in [0.15, 0.2) is 6.29 Å². The molecule has 1 atom stereocenters. The number of rotatable bonds is 1. The Hall–Kier alpha value is -0.120. The molecule has 0 aromatic carbocycles. The lowest BCUT2D eigenvalue weighted by Crippen LogP contribution is -2.37. The molecule has 2 saturated heterocycles. The fourth-order valence-electron chi connectivity index (χ4n) is 1.76. The summed E-state index contributed by atoms with van der Waals surface area (Å²) in [5, 5.41) is 3.35. The molecule has 64 valence electrons. The highest BCUT2D eigenvalue weighted by atomic mass is 16.7. The van der Waals surface area contributed by atoms with Crippen LogP contribution in [0, 0.1) is 5.92 Å². The first-order chi connectivity index (χ1) is 5.47. The Kier molecular flexibility index (Phi) is 2.41. The van der Waals surface area contributed by atoms with Gasteiger partial charge in [-0.15, -0.1) is 0 Å². The van der Waals surface area contributed by atoms with Gasteiger partial charge in [-0.3, -0.25) is 0 Å². The number of hydrogen-bond donors (Lipinski definition) is 1. The zero-order chi connectivity index (χ0) is 7.52. The van der Waals surface area contributed by atoms with E-state index < -0.39 is 0 Å². The van der Waals surface area contributed by atoms with Crippen molar-refractivity contribution in [1.82, 2.24) is 5.32 Å². The summed E-state index contributed by atoms with van der Waals surface area (Å²) in [6, 6.07) is 0. The smallest absolute Gasteiger partial charge is 0.161 e. The third-order valence-electron chi connectivity index (χ3n) is 2.37. The van der Waals surface area contributed by atoms with Crippen molar-refractivity contribution in [3.8, 4) is 0 Å². The van der Waals surface area contributed by atoms with E-state index in [9.17, 15) is 0 Å². The maximum Gasteiger partial charge on any atom is 0.161 e. The van der Waals surface area contributed by atoms with Crippen LogP contribution in [0.2, 0.25) is 0 Å². The van der Waals surface area contributed by atoms with Crippen LogP contribution >= 0.6 is 0 Å². The van der Waals surface area contributed by atoms with Crippen molar-refractivity contribution in [3.63, 3.8) is 0 Å². The minimum Gasteiger partial charge on any atom is -0.350 e. The molecule has 0 aliphatic carbocycles. The highest BCUT2D eigenvalue weighted by Crippen LogP contribution is 2.20. The summed E-state index contributed by atoms with van der Waals surface area (Å²) in [5.41, 5.74) is 0. The molecule has 2 aliphatic heterocycles. The SMILES string of the molecule is C1CNCC(C2OCCO2)C1. The number of hydrogen-bond acceptors (Lipinski definition) is 3.